The molecule has 3 aromatic rings. The first kappa shape index (κ1) is 14.9. The molecule has 2 aromatic carbocycles. The van der Waals surface area contributed by atoms with Gasteiger partial charge in [0.25, 0.3) is 5.91 Å². The minimum Gasteiger partial charge on any atom is -0.346 e. The van der Waals surface area contributed by atoms with Crippen LogP contribution in [0, 0.1) is 5.82 Å². The van der Waals surface area contributed by atoms with Crippen molar-refractivity contribution in [3.63, 3.8) is 0 Å². The topological polar surface area (TPSA) is 59.8 Å². The smallest absolute Gasteiger partial charge is 0.251 e. The Morgan fingerprint density at radius 3 is 2.43 bits per heavy atom. The molecule has 3 rings (SSSR count). The van der Waals surface area contributed by atoms with E-state index in [4.69, 9.17) is 0 Å². The fourth-order valence-corrected chi connectivity index (χ4v) is 2.22. The van der Waals surface area contributed by atoms with Crippen LogP contribution in [0.25, 0.3) is 5.69 Å². The Hall–Kier alpha value is -3.02. The molecule has 0 saturated carbocycles. The standard InChI is InChI=1S/C17H15FN4O/c1-12(21-17(23)14-2-6-15(18)7-3-14)13-4-8-16(9-5-13)22-11-19-10-20-22/h2-12H,1H3,(H,21,23). The van der Waals surface area contributed by atoms with E-state index in [1.165, 1.54) is 30.6 Å². The Labute approximate surface area is 132 Å². The van der Waals surface area contributed by atoms with Crippen LogP contribution < -0.4 is 5.32 Å². The summed E-state index contributed by atoms with van der Waals surface area (Å²) in [5, 5.41) is 6.95. The monoisotopic (exact) mass is 310 g/mol. The zero-order chi connectivity index (χ0) is 16.2. The van der Waals surface area contributed by atoms with E-state index >= 15 is 0 Å². The molecule has 0 saturated heterocycles. The highest BCUT2D eigenvalue weighted by atomic mass is 19.1. The maximum Gasteiger partial charge on any atom is 0.251 e. The van der Waals surface area contributed by atoms with Gasteiger partial charge in [-0.15, -0.1) is 0 Å². The van der Waals surface area contributed by atoms with Crippen molar-refractivity contribution in [2.75, 3.05) is 0 Å². The van der Waals surface area contributed by atoms with Gasteiger partial charge in [0.15, 0.2) is 0 Å². The maximum atomic E-state index is 12.9. The van der Waals surface area contributed by atoms with Crippen molar-refractivity contribution in [2.45, 2.75) is 13.0 Å². The Balaban J connectivity index is 1.69. The van der Waals surface area contributed by atoms with Crippen molar-refractivity contribution in [3.8, 4) is 5.69 Å². The van der Waals surface area contributed by atoms with Crippen LogP contribution in [0.5, 0.6) is 0 Å². The second-order valence-corrected chi connectivity index (χ2v) is 5.13. The second kappa shape index (κ2) is 6.39. The molecule has 5 nitrogen and oxygen atoms in total. The number of hydrogen-bond donors (Lipinski definition) is 1. The third kappa shape index (κ3) is 3.42. The number of carbonyl (C=O) groups excluding carboxylic acids is 1. The SMILES string of the molecule is CC(NC(=O)c1ccc(F)cc1)c1ccc(-n2cncn2)cc1. The number of hydrogen-bond acceptors (Lipinski definition) is 3. The average molecular weight is 310 g/mol. The molecule has 1 N–H and O–H groups in total. The number of halogens is 1. The van der Waals surface area contributed by atoms with Crippen molar-refractivity contribution in [1.29, 1.82) is 0 Å². The first-order valence-corrected chi connectivity index (χ1v) is 7.15. The van der Waals surface area contributed by atoms with Crippen LogP contribution in [0.15, 0.2) is 61.2 Å². The predicted octanol–water partition coefficient (Wildman–Crippen LogP) is 2.90. The first-order chi connectivity index (χ1) is 11.1. The second-order valence-electron chi connectivity index (χ2n) is 5.13. The minimum atomic E-state index is -0.363. The summed E-state index contributed by atoms with van der Waals surface area (Å²) >= 11 is 0. The molecule has 0 bridgehead atoms. The summed E-state index contributed by atoms with van der Waals surface area (Å²) in [7, 11) is 0. The fraction of sp³-hybridized carbons (Fsp3) is 0.118. The number of rotatable bonds is 4. The minimum absolute atomic E-state index is 0.169. The van der Waals surface area contributed by atoms with E-state index in [2.05, 4.69) is 15.4 Å². The molecule has 1 aromatic heterocycles. The summed E-state index contributed by atoms with van der Waals surface area (Å²) in [6.07, 6.45) is 3.09. The first-order valence-electron chi connectivity index (χ1n) is 7.15. The van der Waals surface area contributed by atoms with Gasteiger partial charge in [0.05, 0.1) is 11.7 Å². The van der Waals surface area contributed by atoms with Gasteiger partial charge in [0, 0.05) is 5.56 Å². The molecule has 116 valence electrons. The van der Waals surface area contributed by atoms with Gasteiger partial charge in [-0.2, -0.15) is 5.10 Å². The summed E-state index contributed by atoms with van der Waals surface area (Å²) in [6, 6.07) is 13.0. The fourth-order valence-electron chi connectivity index (χ4n) is 2.22. The Morgan fingerprint density at radius 2 is 1.83 bits per heavy atom. The number of carbonyl (C=O) groups is 1. The van der Waals surface area contributed by atoms with Crippen LogP contribution in [0.3, 0.4) is 0 Å². The zero-order valence-corrected chi connectivity index (χ0v) is 12.5. The number of nitrogens with zero attached hydrogens (tertiary/aromatic N) is 3. The summed E-state index contributed by atoms with van der Waals surface area (Å²) in [5.41, 5.74) is 2.28. The lowest BCUT2D eigenvalue weighted by atomic mass is 10.1. The molecule has 1 atom stereocenters. The van der Waals surface area contributed by atoms with Gasteiger partial charge >= 0.3 is 0 Å². The lowest BCUT2D eigenvalue weighted by Crippen LogP contribution is -2.26. The molecular weight excluding hydrogens is 295 g/mol. The van der Waals surface area contributed by atoms with Gasteiger partial charge in [0.1, 0.15) is 18.5 Å². The molecule has 6 heteroatoms. The number of benzene rings is 2. The van der Waals surface area contributed by atoms with Crippen molar-refractivity contribution >= 4 is 5.91 Å². The molecule has 0 aliphatic carbocycles. The molecule has 0 aliphatic rings. The zero-order valence-electron chi connectivity index (χ0n) is 12.5. The normalized spacial score (nSPS) is 11.9. The van der Waals surface area contributed by atoms with Crippen LogP contribution in [0.1, 0.15) is 28.9 Å². The van der Waals surface area contributed by atoms with E-state index in [1.807, 2.05) is 31.2 Å². The molecule has 1 amide bonds. The quantitative estimate of drug-likeness (QED) is 0.806. The molecular formula is C17H15FN4O. The Kier molecular flexibility index (Phi) is 4.14. The van der Waals surface area contributed by atoms with Gasteiger partial charge in [-0.05, 0) is 48.9 Å². The van der Waals surface area contributed by atoms with Gasteiger partial charge in [-0.3, -0.25) is 4.79 Å². The highest BCUT2D eigenvalue weighted by molar-refractivity contribution is 5.94. The van der Waals surface area contributed by atoms with Crippen molar-refractivity contribution in [2.24, 2.45) is 0 Å². The third-order valence-corrected chi connectivity index (χ3v) is 3.53. The van der Waals surface area contributed by atoms with Crippen molar-refractivity contribution < 1.29 is 9.18 Å². The van der Waals surface area contributed by atoms with Crippen molar-refractivity contribution in [3.05, 3.63) is 78.1 Å². The van der Waals surface area contributed by atoms with Gasteiger partial charge < -0.3 is 5.32 Å². The van der Waals surface area contributed by atoms with E-state index in [0.717, 1.165) is 11.3 Å². The summed E-state index contributed by atoms with van der Waals surface area (Å²) in [6.45, 7) is 1.89. The maximum absolute atomic E-state index is 12.9. The van der Waals surface area contributed by atoms with Gasteiger partial charge in [-0.1, -0.05) is 12.1 Å². The predicted molar refractivity (Wildman–Crippen MR) is 83.6 cm³/mol. The molecule has 0 spiro atoms. The highest BCUT2D eigenvalue weighted by Crippen LogP contribution is 2.16. The largest absolute Gasteiger partial charge is 0.346 e. The molecule has 1 heterocycles. The number of nitrogens with one attached hydrogen (secondary N) is 1. The van der Waals surface area contributed by atoms with Crippen LogP contribution in [-0.4, -0.2) is 20.7 Å². The number of amides is 1. The van der Waals surface area contributed by atoms with E-state index in [9.17, 15) is 9.18 Å². The summed E-state index contributed by atoms with van der Waals surface area (Å²) in [4.78, 5) is 16.0. The van der Waals surface area contributed by atoms with Gasteiger partial charge in [-0.25, -0.2) is 14.1 Å². The summed E-state index contributed by atoms with van der Waals surface area (Å²) < 4.78 is 14.5. The van der Waals surface area contributed by atoms with E-state index < -0.39 is 0 Å². The molecule has 0 fully saturated rings. The van der Waals surface area contributed by atoms with Crippen LogP contribution in [0.2, 0.25) is 0 Å². The van der Waals surface area contributed by atoms with Crippen LogP contribution >= 0.6 is 0 Å². The summed E-state index contributed by atoms with van der Waals surface area (Å²) in [5.74, 6) is -0.601. The number of aromatic nitrogens is 3. The molecule has 1 unspecified atom stereocenters. The lowest BCUT2D eigenvalue weighted by molar-refractivity contribution is 0.0940. The third-order valence-electron chi connectivity index (χ3n) is 3.53. The van der Waals surface area contributed by atoms with Crippen LogP contribution in [0.4, 0.5) is 4.39 Å². The Bertz CT molecular complexity index is 782. The van der Waals surface area contributed by atoms with E-state index in [-0.39, 0.29) is 17.8 Å². The molecule has 0 radical (unpaired) electrons. The molecule has 0 aliphatic heterocycles. The highest BCUT2D eigenvalue weighted by Gasteiger charge is 2.11. The van der Waals surface area contributed by atoms with Gasteiger partial charge in [0.2, 0.25) is 0 Å². The van der Waals surface area contributed by atoms with E-state index in [0.29, 0.717) is 5.56 Å². The lowest BCUT2D eigenvalue weighted by Gasteiger charge is -2.15. The average Bonchev–Trinajstić information content (AvgIpc) is 3.10. The van der Waals surface area contributed by atoms with Crippen molar-refractivity contribution in [1.82, 2.24) is 20.1 Å². The Morgan fingerprint density at radius 1 is 1.13 bits per heavy atom. The van der Waals surface area contributed by atoms with E-state index in [1.54, 1.807) is 11.0 Å². The molecule has 23 heavy (non-hydrogen) atoms. The van der Waals surface area contributed by atoms with Crippen LogP contribution in [-0.2, 0) is 0 Å².